The van der Waals surface area contributed by atoms with Gasteiger partial charge in [0.2, 0.25) is 17.6 Å². The second-order valence-corrected chi connectivity index (χ2v) is 12.6. The number of nitrogens with zero attached hydrogens (tertiary/aromatic N) is 4. The van der Waals surface area contributed by atoms with E-state index in [0.29, 0.717) is 88.3 Å². The van der Waals surface area contributed by atoms with Crippen LogP contribution in [0.25, 0.3) is 11.4 Å². The van der Waals surface area contributed by atoms with Crippen molar-refractivity contribution in [2.45, 2.75) is 54.4 Å². The summed E-state index contributed by atoms with van der Waals surface area (Å²) in [5, 5.41) is 5.76. The van der Waals surface area contributed by atoms with Crippen LogP contribution in [0.3, 0.4) is 0 Å². The first-order chi connectivity index (χ1) is 16.4. The number of rotatable bonds is 5. The van der Waals surface area contributed by atoms with Crippen molar-refractivity contribution in [3.63, 3.8) is 0 Å². The Bertz CT molecular complexity index is 1150. The van der Waals surface area contributed by atoms with Crippen molar-refractivity contribution in [2.24, 2.45) is 5.92 Å². The van der Waals surface area contributed by atoms with Gasteiger partial charge in [-0.2, -0.15) is 9.29 Å². The maximum Gasteiger partial charge on any atom is 0.252 e. The Morgan fingerprint density at radius 2 is 1.76 bits per heavy atom. The molecular weight excluding hydrogens is 480 g/mol. The molecule has 1 aliphatic carbocycles. The zero-order chi connectivity index (χ0) is 23.3. The SMILES string of the molecule is O=C(C1CCN(S(=O)(=O)c2cc(-c3noc(C4CC4)n3)cs2)CC1)N1CCC2(CC1)OCCO2. The standard InChI is InChI=1S/C22H28N4O6S2/c27-21(25-9-5-22(6-10-25)30-11-12-31-22)16-3-7-26(8-4-16)34(28,29)18-13-17(14-33-18)19-23-20(32-24-19)15-1-2-15/h13-16H,1-12H2. The van der Waals surface area contributed by atoms with Gasteiger partial charge in [-0.3, -0.25) is 4.79 Å². The number of sulfonamides is 1. The van der Waals surface area contributed by atoms with Crippen LogP contribution in [0, 0.1) is 5.92 Å². The molecule has 3 aliphatic heterocycles. The summed E-state index contributed by atoms with van der Waals surface area (Å²) in [6, 6.07) is 1.62. The molecule has 6 rings (SSSR count). The first-order valence-electron chi connectivity index (χ1n) is 11.9. The normalized spacial score (nSPS) is 24.2. The molecule has 2 aromatic heterocycles. The highest BCUT2D eigenvalue weighted by molar-refractivity contribution is 7.91. The van der Waals surface area contributed by atoms with Gasteiger partial charge in [-0.25, -0.2) is 8.42 Å². The highest BCUT2D eigenvalue weighted by Gasteiger charge is 2.42. The molecule has 12 heteroatoms. The first-order valence-corrected chi connectivity index (χ1v) is 14.2. The third-order valence-electron chi connectivity index (χ3n) is 7.25. The highest BCUT2D eigenvalue weighted by atomic mass is 32.2. The molecule has 1 amide bonds. The molecule has 5 heterocycles. The molecule has 184 valence electrons. The third kappa shape index (κ3) is 4.19. The monoisotopic (exact) mass is 508 g/mol. The van der Waals surface area contributed by atoms with Gasteiger partial charge in [0.25, 0.3) is 10.0 Å². The second-order valence-electron chi connectivity index (χ2n) is 9.50. The van der Waals surface area contributed by atoms with Crippen molar-refractivity contribution in [3.05, 3.63) is 17.3 Å². The Morgan fingerprint density at radius 3 is 2.44 bits per heavy atom. The van der Waals surface area contributed by atoms with E-state index in [4.69, 9.17) is 14.0 Å². The number of ether oxygens (including phenoxy) is 2. The third-order valence-corrected chi connectivity index (χ3v) is 10.6. The van der Waals surface area contributed by atoms with E-state index in [1.807, 2.05) is 4.90 Å². The fraction of sp³-hybridized carbons (Fsp3) is 0.682. The van der Waals surface area contributed by atoms with E-state index >= 15 is 0 Å². The van der Waals surface area contributed by atoms with E-state index in [1.165, 1.54) is 15.6 Å². The molecule has 4 fully saturated rings. The minimum atomic E-state index is -3.63. The lowest BCUT2D eigenvalue weighted by Gasteiger charge is -2.40. The average Bonchev–Trinajstić information content (AvgIpc) is 3.23. The van der Waals surface area contributed by atoms with Crippen LogP contribution in [0.4, 0.5) is 0 Å². The number of likely N-dealkylation sites (tertiary alicyclic amines) is 1. The van der Waals surface area contributed by atoms with Gasteiger partial charge in [-0.15, -0.1) is 11.3 Å². The van der Waals surface area contributed by atoms with E-state index in [0.717, 1.165) is 12.8 Å². The number of hydrogen-bond donors (Lipinski definition) is 0. The zero-order valence-electron chi connectivity index (χ0n) is 18.8. The Kier molecular flexibility index (Phi) is 5.76. The lowest BCUT2D eigenvalue weighted by atomic mass is 9.94. The van der Waals surface area contributed by atoms with Crippen LogP contribution < -0.4 is 0 Å². The first kappa shape index (κ1) is 22.6. The number of carbonyl (C=O) groups excluding carboxylic acids is 1. The molecule has 10 nitrogen and oxygen atoms in total. The van der Waals surface area contributed by atoms with E-state index < -0.39 is 15.8 Å². The maximum atomic E-state index is 13.2. The van der Waals surface area contributed by atoms with Crippen LogP contribution in [0.2, 0.25) is 0 Å². The smallest absolute Gasteiger partial charge is 0.252 e. The number of thiophene rings is 1. The molecule has 0 atom stereocenters. The zero-order valence-corrected chi connectivity index (χ0v) is 20.5. The summed E-state index contributed by atoms with van der Waals surface area (Å²) in [6.45, 7) is 3.14. The summed E-state index contributed by atoms with van der Waals surface area (Å²) < 4.78 is 45.0. The van der Waals surface area contributed by atoms with Crippen LogP contribution in [0.1, 0.15) is 50.3 Å². The van der Waals surface area contributed by atoms with Crippen LogP contribution >= 0.6 is 11.3 Å². The van der Waals surface area contributed by atoms with Gasteiger partial charge in [0.05, 0.1) is 13.2 Å². The van der Waals surface area contributed by atoms with Crippen molar-refractivity contribution < 1.29 is 27.2 Å². The summed E-state index contributed by atoms with van der Waals surface area (Å²) in [5.74, 6) is 0.874. The minimum Gasteiger partial charge on any atom is -0.347 e. The Hall–Kier alpha value is -1.86. The summed E-state index contributed by atoms with van der Waals surface area (Å²) >= 11 is 1.17. The second kappa shape index (κ2) is 8.66. The van der Waals surface area contributed by atoms with Crippen molar-refractivity contribution in [1.29, 1.82) is 0 Å². The molecule has 3 saturated heterocycles. The van der Waals surface area contributed by atoms with E-state index in [-0.39, 0.29) is 16.0 Å². The molecule has 1 saturated carbocycles. The van der Waals surface area contributed by atoms with Gasteiger partial charge >= 0.3 is 0 Å². The van der Waals surface area contributed by atoms with Crippen molar-refractivity contribution in [2.75, 3.05) is 39.4 Å². The molecule has 0 N–H and O–H groups in total. The van der Waals surface area contributed by atoms with E-state index in [2.05, 4.69) is 10.1 Å². The average molecular weight is 509 g/mol. The van der Waals surface area contributed by atoms with Crippen LogP contribution in [0.5, 0.6) is 0 Å². The molecule has 4 aliphatic rings. The predicted octanol–water partition coefficient (Wildman–Crippen LogP) is 2.44. The molecule has 34 heavy (non-hydrogen) atoms. The van der Waals surface area contributed by atoms with Gasteiger partial charge < -0.3 is 18.9 Å². The summed E-state index contributed by atoms with van der Waals surface area (Å²) in [5.41, 5.74) is 0.655. The fourth-order valence-electron chi connectivity index (χ4n) is 5.00. The summed E-state index contributed by atoms with van der Waals surface area (Å²) in [7, 11) is -3.63. The Labute approximate surface area is 202 Å². The molecule has 0 aromatic carbocycles. The van der Waals surface area contributed by atoms with Gasteiger partial charge in [0, 0.05) is 61.8 Å². The molecule has 0 bridgehead atoms. The molecule has 2 aromatic rings. The molecule has 0 radical (unpaired) electrons. The largest absolute Gasteiger partial charge is 0.347 e. The molecule has 0 unspecified atom stereocenters. The van der Waals surface area contributed by atoms with Crippen LogP contribution in [0.15, 0.2) is 20.2 Å². The van der Waals surface area contributed by atoms with Gasteiger partial charge in [-0.05, 0) is 31.7 Å². The van der Waals surface area contributed by atoms with E-state index in [9.17, 15) is 13.2 Å². The predicted molar refractivity (Wildman–Crippen MR) is 122 cm³/mol. The Balaban J connectivity index is 1.06. The lowest BCUT2D eigenvalue weighted by Crippen LogP contribution is -2.50. The Morgan fingerprint density at radius 1 is 1.06 bits per heavy atom. The topological polar surface area (TPSA) is 115 Å². The van der Waals surface area contributed by atoms with Crippen molar-refractivity contribution in [3.8, 4) is 11.4 Å². The molecule has 1 spiro atoms. The van der Waals surface area contributed by atoms with Crippen LogP contribution in [-0.2, 0) is 24.3 Å². The number of piperidine rings is 2. The number of aromatic nitrogens is 2. The van der Waals surface area contributed by atoms with Crippen molar-refractivity contribution >= 4 is 27.3 Å². The summed E-state index contributed by atoms with van der Waals surface area (Å²) in [6.07, 6.45) is 4.56. The highest BCUT2D eigenvalue weighted by Crippen LogP contribution is 2.40. The maximum absolute atomic E-state index is 13.2. The fourth-order valence-corrected chi connectivity index (χ4v) is 7.78. The number of amides is 1. The van der Waals surface area contributed by atoms with Gasteiger partial charge in [0.15, 0.2) is 5.79 Å². The van der Waals surface area contributed by atoms with Crippen LogP contribution in [-0.4, -0.2) is 78.9 Å². The quantitative estimate of drug-likeness (QED) is 0.605. The number of carbonyl (C=O) groups is 1. The molecular formula is C22H28N4O6S2. The van der Waals surface area contributed by atoms with Gasteiger partial charge in [-0.1, -0.05) is 5.16 Å². The number of hydrogen-bond acceptors (Lipinski definition) is 9. The minimum absolute atomic E-state index is 0.117. The summed E-state index contributed by atoms with van der Waals surface area (Å²) in [4.78, 5) is 19.3. The lowest BCUT2D eigenvalue weighted by molar-refractivity contribution is -0.188. The van der Waals surface area contributed by atoms with Crippen molar-refractivity contribution in [1.82, 2.24) is 19.3 Å². The van der Waals surface area contributed by atoms with E-state index in [1.54, 1.807) is 11.4 Å². The van der Waals surface area contributed by atoms with Gasteiger partial charge in [0.1, 0.15) is 4.21 Å².